The van der Waals surface area contributed by atoms with Crippen molar-refractivity contribution >= 4 is 28.5 Å². The number of fused-ring (bicyclic) bond motifs is 1. The van der Waals surface area contributed by atoms with E-state index in [1.807, 2.05) is 18.3 Å². The second kappa shape index (κ2) is 6.08. The molecule has 1 aromatic heterocycles. The number of hydrogen-bond acceptors (Lipinski definition) is 2. The largest absolute Gasteiger partial charge is 0.481 e. The zero-order valence-electron chi connectivity index (χ0n) is 11.8. The van der Waals surface area contributed by atoms with Crippen LogP contribution in [-0.4, -0.2) is 34.0 Å². The van der Waals surface area contributed by atoms with Crippen molar-refractivity contribution in [2.75, 3.05) is 13.1 Å². The number of carbonyl (C=O) groups is 1. The molecular formula is C16H19ClN2O2. The maximum Gasteiger partial charge on any atom is 0.303 e. The molecule has 1 fully saturated rings. The van der Waals surface area contributed by atoms with Crippen molar-refractivity contribution in [3.63, 3.8) is 0 Å². The molecule has 0 spiro atoms. The number of hydrogen-bond donors (Lipinski definition) is 2. The van der Waals surface area contributed by atoms with E-state index in [4.69, 9.17) is 16.7 Å². The highest BCUT2D eigenvalue weighted by Gasteiger charge is 2.23. The van der Waals surface area contributed by atoms with Crippen molar-refractivity contribution in [1.29, 1.82) is 0 Å². The predicted octanol–water partition coefficient (Wildman–Crippen LogP) is 3.51. The average Bonchev–Trinajstić information content (AvgIpc) is 3.04. The summed E-state index contributed by atoms with van der Waals surface area (Å²) in [7, 11) is 0. The molecule has 0 aliphatic carbocycles. The molecule has 1 aromatic carbocycles. The second-order valence-electron chi connectivity index (χ2n) is 5.83. The van der Waals surface area contributed by atoms with Gasteiger partial charge in [-0.05, 0) is 43.0 Å². The lowest BCUT2D eigenvalue weighted by molar-refractivity contribution is -0.137. The fourth-order valence-corrected chi connectivity index (χ4v) is 3.32. The number of nitrogens with one attached hydrogen (secondary N) is 1. The molecule has 4 nitrogen and oxygen atoms in total. The zero-order valence-corrected chi connectivity index (χ0v) is 12.6. The Kier molecular flexibility index (Phi) is 4.17. The van der Waals surface area contributed by atoms with Crippen LogP contribution in [0.4, 0.5) is 0 Å². The van der Waals surface area contributed by atoms with E-state index in [1.54, 1.807) is 0 Å². The van der Waals surface area contributed by atoms with E-state index in [0.717, 1.165) is 43.0 Å². The second-order valence-corrected chi connectivity index (χ2v) is 6.26. The molecule has 112 valence electrons. The van der Waals surface area contributed by atoms with Crippen LogP contribution in [0, 0.1) is 5.92 Å². The first-order valence-corrected chi connectivity index (χ1v) is 7.69. The summed E-state index contributed by atoms with van der Waals surface area (Å²) in [5.74, 6) is -0.178. The van der Waals surface area contributed by atoms with E-state index in [2.05, 4.69) is 16.0 Å². The van der Waals surface area contributed by atoms with Gasteiger partial charge in [-0.2, -0.15) is 0 Å². The number of aromatic amines is 1. The van der Waals surface area contributed by atoms with Gasteiger partial charge in [-0.1, -0.05) is 17.7 Å². The first-order valence-electron chi connectivity index (χ1n) is 7.31. The van der Waals surface area contributed by atoms with Gasteiger partial charge in [-0.3, -0.25) is 9.69 Å². The highest BCUT2D eigenvalue weighted by Crippen LogP contribution is 2.26. The Morgan fingerprint density at radius 3 is 3.14 bits per heavy atom. The van der Waals surface area contributed by atoms with Crippen molar-refractivity contribution in [3.8, 4) is 0 Å². The molecule has 2 N–H and O–H groups in total. The number of H-pyrrole nitrogens is 1. The summed E-state index contributed by atoms with van der Waals surface area (Å²) in [5, 5.41) is 10.7. The fraction of sp³-hybridized carbons (Fsp3) is 0.438. The summed E-state index contributed by atoms with van der Waals surface area (Å²) in [6.07, 6.45) is 4.21. The summed E-state index contributed by atoms with van der Waals surface area (Å²) >= 11 is 6.00. The molecule has 1 atom stereocenters. The van der Waals surface area contributed by atoms with Crippen LogP contribution < -0.4 is 0 Å². The third-order valence-corrected chi connectivity index (χ3v) is 4.49. The molecule has 5 heteroatoms. The molecule has 1 saturated heterocycles. The van der Waals surface area contributed by atoms with Crippen LogP contribution in [0.25, 0.3) is 10.9 Å². The van der Waals surface area contributed by atoms with Crippen LogP contribution in [0.1, 0.15) is 24.8 Å². The molecule has 3 rings (SSSR count). The number of aromatic nitrogens is 1. The molecule has 2 heterocycles. The summed E-state index contributed by atoms with van der Waals surface area (Å²) in [6.45, 7) is 2.95. The zero-order chi connectivity index (χ0) is 14.8. The van der Waals surface area contributed by atoms with Gasteiger partial charge in [0.2, 0.25) is 0 Å². The van der Waals surface area contributed by atoms with Crippen LogP contribution in [-0.2, 0) is 11.3 Å². The van der Waals surface area contributed by atoms with Crippen LogP contribution in [0.5, 0.6) is 0 Å². The molecular weight excluding hydrogens is 288 g/mol. The predicted molar refractivity (Wildman–Crippen MR) is 83.6 cm³/mol. The van der Waals surface area contributed by atoms with Gasteiger partial charge < -0.3 is 10.1 Å². The Morgan fingerprint density at radius 2 is 2.33 bits per heavy atom. The SMILES string of the molecule is O=C(O)CCC1CCN(Cc2c[nH]c3cc(Cl)ccc23)C1. The fourth-order valence-electron chi connectivity index (χ4n) is 3.15. The number of aliphatic carboxylic acids is 1. The molecule has 0 radical (unpaired) electrons. The van der Waals surface area contributed by atoms with Crippen molar-refractivity contribution in [2.45, 2.75) is 25.8 Å². The first kappa shape index (κ1) is 14.4. The standard InChI is InChI=1S/C16H19ClN2O2/c17-13-2-3-14-12(8-18-15(14)7-13)10-19-6-5-11(9-19)1-4-16(20)21/h2-3,7-8,11,18H,1,4-6,9-10H2,(H,20,21). The molecule has 0 amide bonds. The Bertz CT molecular complexity index is 653. The van der Waals surface area contributed by atoms with E-state index in [9.17, 15) is 4.79 Å². The lowest BCUT2D eigenvalue weighted by Crippen LogP contribution is -2.20. The Morgan fingerprint density at radius 1 is 1.48 bits per heavy atom. The summed E-state index contributed by atoms with van der Waals surface area (Å²) in [6, 6.07) is 5.92. The van der Waals surface area contributed by atoms with Gasteiger partial charge in [0.15, 0.2) is 0 Å². The van der Waals surface area contributed by atoms with E-state index in [1.165, 1.54) is 10.9 Å². The number of rotatable bonds is 5. The molecule has 21 heavy (non-hydrogen) atoms. The quantitative estimate of drug-likeness (QED) is 0.889. The van der Waals surface area contributed by atoms with Crippen molar-refractivity contribution in [2.24, 2.45) is 5.92 Å². The number of carboxylic acid groups (broad SMARTS) is 1. The number of benzene rings is 1. The minimum Gasteiger partial charge on any atom is -0.481 e. The third kappa shape index (κ3) is 3.39. The van der Waals surface area contributed by atoms with Crippen LogP contribution in [0.2, 0.25) is 5.02 Å². The van der Waals surface area contributed by atoms with Gasteiger partial charge in [0.25, 0.3) is 0 Å². The molecule has 0 saturated carbocycles. The Hall–Kier alpha value is -1.52. The topological polar surface area (TPSA) is 56.3 Å². The van der Waals surface area contributed by atoms with Gasteiger partial charge in [0.05, 0.1) is 0 Å². The van der Waals surface area contributed by atoms with Crippen molar-refractivity contribution in [3.05, 3.63) is 35.0 Å². The molecule has 1 aliphatic heterocycles. The monoisotopic (exact) mass is 306 g/mol. The first-order chi connectivity index (χ1) is 10.1. The number of halogens is 1. The minimum absolute atomic E-state index is 0.282. The van der Waals surface area contributed by atoms with Gasteiger partial charge in [-0.25, -0.2) is 0 Å². The van der Waals surface area contributed by atoms with Gasteiger partial charge in [0.1, 0.15) is 0 Å². The molecule has 1 aliphatic rings. The lowest BCUT2D eigenvalue weighted by Gasteiger charge is -2.15. The van der Waals surface area contributed by atoms with Crippen LogP contribution >= 0.6 is 11.6 Å². The maximum atomic E-state index is 10.6. The van der Waals surface area contributed by atoms with Crippen LogP contribution in [0.15, 0.2) is 24.4 Å². The maximum absolute atomic E-state index is 10.6. The van der Waals surface area contributed by atoms with Crippen molar-refractivity contribution in [1.82, 2.24) is 9.88 Å². The van der Waals surface area contributed by atoms with Gasteiger partial charge >= 0.3 is 5.97 Å². The Balaban J connectivity index is 1.63. The lowest BCUT2D eigenvalue weighted by atomic mass is 10.0. The number of carboxylic acids is 1. The van der Waals surface area contributed by atoms with E-state index < -0.39 is 5.97 Å². The summed E-state index contributed by atoms with van der Waals surface area (Å²) in [5.41, 5.74) is 2.35. The van der Waals surface area contributed by atoms with E-state index in [-0.39, 0.29) is 6.42 Å². The highest BCUT2D eigenvalue weighted by atomic mass is 35.5. The molecule has 1 unspecified atom stereocenters. The van der Waals surface area contributed by atoms with Gasteiger partial charge in [0, 0.05) is 41.6 Å². The summed E-state index contributed by atoms with van der Waals surface area (Å²) in [4.78, 5) is 16.3. The van der Waals surface area contributed by atoms with Crippen molar-refractivity contribution < 1.29 is 9.90 Å². The normalized spacial score (nSPS) is 19.4. The average molecular weight is 307 g/mol. The van der Waals surface area contributed by atoms with Crippen LogP contribution in [0.3, 0.4) is 0 Å². The van der Waals surface area contributed by atoms with E-state index in [0.29, 0.717) is 5.92 Å². The van der Waals surface area contributed by atoms with E-state index >= 15 is 0 Å². The number of likely N-dealkylation sites (tertiary alicyclic amines) is 1. The Labute approximate surface area is 128 Å². The molecule has 0 bridgehead atoms. The smallest absolute Gasteiger partial charge is 0.303 e. The van der Waals surface area contributed by atoms with Gasteiger partial charge in [-0.15, -0.1) is 0 Å². The minimum atomic E-state index is -0.693. The summed E-state index contributed by atoms with van der Waals surface area (Å²) < 4.78 is 0. The third-order valence-electron chi connectivity index (χ3n) is 4.26. The highest BCUT2D eigenvalue weighted by molar-refractivity contribution is 6.31. The molecule has 2 aromatic rings. The number of nitrogens with zero attached hydrogens (tertiary/aromatic N) is 1.